The number of morpholine rings is 1. The van der Waals surface area contributed by atoms with Gasteiger partial charge in [0.1, 0.15) is 28.5 Å². The Morgan fingerprint density at radius 2 is 1.92 bits per heavy atom. The molecule has 2 amide bonds. The molecule has 3 aromatic rings. The molecule has 0 bridgehead atoms. The predicted molar refractivity (Wildman–Crippen MR) is 129 cm³/mol. The van der Waals surface area contributed by atoms with Crippen molar-refractivity contribution in [3.8, 4) is 11.3 Å². The Morgan fingerprint density at radius 3 is 2.56 bits per heavy atom. The molecular formula is C26H29F2N3O5. The monoisotopic (exact) mass is 501 g/mol. The van der Waals surface area contributed by atoms with E-state index in [0.29, 0.717) is 23.2 Å². The fourth-order valence-corrected chi connectivity index (χ4v) is 4.15. The summed E-state index contributed by atoms with van der Waals surface area (Å²) >= 11 is 0. The molecule has 1 unspecified atom stereocenters. The SMILES string of the molecule is CNC(=O)c1cc(F)c(-c2oc3cc(C)cnc3c2CC2CN(C(=O)OC(C)(C)C)CCO2)c(F)c1. The Kier molecular flexibility index (Phi) is 6.99. The van der Waals surface area contributed by atoms with Crippen LogP contribution in [0, 0.1) is 18.6 Å². The van der Waals surface area contributed by atoms with Crippen LogP contribution in [0.4, 0.5) is 13.6 Å². The minimum Gasteiger partial charge on any atom is -0.454 e. The number of fused-ring (bicyclic) bond motifs is 1. The van der Waals surface area contributed by atoms with Gasteiger partial charge in [-0.15, -0.1) is 0 Å². The number of carbonyl (C=O) groups is 2. The van der Waals surface area contributed by atoms with Crippen molar-refractivity contribution >= 4 is 23.1 Å². The first-order valence-corrected chi connectivity index (χ1v) is 11.7. The number of halogens is 2. The topological polar surface area (TPSA) is 93.9 Å². The molecule has 1 atom stereocenters. The summed E-state index contributed by atoms with van der Waals surface area (Å²) in [5.74, 6) is -2.52. The summed E-state index contributed by atoms with van der Waals surface area (Å²) in [4.78, 5) is 30.5. The van der Waals surface area contributed by atoms with Gasteiger partial charge < -0.3 is 24.1 Å². The zero-order valence-electron chi connectivity index (χ0n) is 20.9. The Labute approximate surface area is 207 Å². The van der Waals surface area contributed by atoms with Crippen molar-refractivity contribution in [3.05, 3.63) is 52.7 Å². The Hall–Kier alpha value is -3.53. The molecule has 1 saturated heterocycles. The molecule has 2 aromatic heterocycles. The van der Waals surface area contributed by atoms with E-state index in [4.69, 9.17) is 13.9 Å². The number of hydrogen-bond acceptors (Lipinski definition) is 6. The Bertz CT molecular complexity index is 1290. The first-order valence-electron chi connectivity index (χ1n) is 11.7. The molecular weight excluding hydrogens is 472 g/mol. The fourth-order valence-electron chi connectivity index (χ4n) is 4.15. The van der Waals surface area contributed by atoms with E-state index in [1.54, 1.807) is 37.9 Å². The van der Waals surface area contributed by atoms with E-state index in [0.717, 1.165) is 17.7 Å². The third kappa shape index (κ3) is 5.33. The lowest BCUT2D eigenvalue weighted by Crippen LogP contribution is -2.48. The number of carbonyl (C=O) groups excluding carboxylic acids is 2. The van der Waals surface area contributed by atoms with Gasteiger partial charge in [0.2, 0.25) is 0 Å². The number of benzene rings is 1. The maximum atomic E-state index is 15.2. The molecule has 36 heavy (non-hydrogen) atoms. The number of aromatic nitrogens is 1. The van der Waals surface area contributed by atoms with E-state index in [1.165, 1.54) is 7.05 Å². The lowest BCUT2D eigenvalue weighted by atomic mass is 9.99. The molecule has 1 aromatic carbocycles. The molecule has 1 aliphatic rings. The van der Waals surface area contributed by atoms with Gasteiger partial charge in [-0.25, -0.2) is 13.6 Å². The number of pyridine rings is 1. The van der Waals surface area contributed by atoms with Gasteiger partial charge in [-0.05, 0) is 51.5 Å². The van der Waals surface area contributed by atoms with Crippen LogP contribution in [0.1, 0.15) is 42.3 Å². The van der Waals surface area contributed by atoms with Crippen molar-refractivity contribution < 1.29 is 32.3 Å². The molecule has 3 heterocycles. The first-order chi connectivity index (χ1) is 17.0. The normalized spacial score (nSPS) is 16.3. The third-order valence-electron chi connectivity index (χ3n) is 5.74. The summed E-state index contributed by atoms with van der Waals surface area (Å²) in [6, 6.07) is 3.67. The lowest BCUT2D eigenvalue weighted by Gasteiger charge is -2.34. The molecule has 1 N–H and O–H groups in total. The quantitative estimate of drug-likeness (QED) is 0.561. The van der Waals surface area contributed by atoms with Crippen LogP contribution in [0.3, 0.4) is 0 Å². The average Bonchev–Trinajstić information content (AvgIpc) is 3.13. The van der Waals surface area contributed by atoms with E-state index >= 15 is 8.78 Å². The summed E-state index contributed by atoms with van der Waals surface area (Å²) in [6.45, 7) is 8.08. The van der Waals surface area contributed by atoms with Crippen molar-refractivity contribution in [2.45, 2.75) is 45.8 Å². The van der Waals surface area contributed by atoms with Gasteiger partial charge in [0.25, 0.3) is 5.91 Å². The summed E-state index contributed by atoms with van der Waals surface area (Å²) < 4.78 is 47.7. The van der Waals surface area contributed by atoms with Crippen molar-refractivity contribution in [2.75, 3.05) is 26.7 Å². The molecule has 1 aliphatic heterocycles. The van der Waals surface area contributed by atoms with Crippen LogP contribution >= 0.6 is 0 Å². The maximum absolute atomic E-state index is 15.2. The van der Waals surface area contributed by atoms with E-state index in [2.05, 4.69) is 10.3 Å². The second-order valence-corrected chi connectivity index (χ2v) is 9.79. The molecule has 8 nitrogen and oxygen atoms in total. The maximum Gasteiger partial charge on any atom is 0.410 e. The van der Waals surface area contributed by atoms with E-state index in [9.17, 15) is 9.59 Å². The highest BCUT2D eigenvalue weighted by Crippen LogP contribution is 2.37. The van der Waals surface area contributed by atoms with Gasteiger partial charge in [-0.3, -0.25) is 9.78 Å². The highest BCUT2D eigenvalue weighted by molar-refractivity contribution is 5.95. The molecule has 0 radical (unpaired) electrons. The highest BCUT2D eigenvalue weighted by Gasteiger charge is 2.31. The van der Waals surface area contributed by atoms with E-state index in [-0.39, 0.29) is 30.9 Å². The van der Waals surface area contributed by atoms with Crippen molar-refractivity contribution in [2.24, 2.45) is 0 Å². The molecule has 0 aliphatic carbocycles. The van der Waals surface area contributed by atoms with Gasteiger partial charge >= 0.3 is 6.09 Å². The largest absolute Gasteiger partial charge is 0.454 e. The second-order valence-electron chi connectivity index (χ2n) is 9.79. The number of hydrogen-bond donors (Lipinski definition) is 1. The van der Waals surface area contributed by atoms with Crippen LogP contribution in [-0.2, 0) is 15.9 Å². The molecule has 1 fully saturated rings. The molecule has 192 valence electrons. The number of aryl methyl sites for hydroxylation is 1. The van der Waals surface area contributed by atoms with Crippen LogP contribution in [0.2, 0.25) is 0 Å². The molecule has 10 heteroatoms. The minimum atomic E-state index is -0.939. The third-order valence-corrected chi connectivity index (χ3v) is 5.74. The van der Waals surface area contributed by atoms with Crippen molar-refractivity contribution in [3.63, 3.8) is 0 Å². The number of rotatable bonds is 4. The summed E-state index contributed by atoms with van der Waals surface area (Å²) in [6.07, 6.45) is 0.892. The molecule has 4 rings (SSSR count). The summed E-state index contributed by atoms with van der Waals surface area (Å²) in [5.41, 5.74) is 0.898. The van der Waals surface area contributed by atoms with Gasteiger partial charge in [0.05, 0.1) is 24.8 Å². The van der Waals surface area contributed by atoms with E-state index in [1.807, 2.05) is 6.92 Å². The Balaban J connectivity index is 1.72. The van der Waals surface area contributed by atoms with Crippen molar-refractivity contribution in [1.29, 1.82) is 0 Å². The van der Waals surface area contributed by atoms with Gasteiger partial charge in [0.15, 0.2) is 5.58 Å². The summed E-state index contributed by atoms with van der Waals surface area (Å²) in [7, 11) is 1.38. The highest BCUT2D eigenvalue weighted by atomic mass is 19.1. The zero-order chi connectivity index (χ0) is 26.2. The molecule has 0 saturated carbocycles. The number of furan rings is 1. The summed E-state index contributed by atoms with van der Waals surface area (Å²) in [5, 5.41) is 2.35. The fraction of sp³-hybridized carbons (Fsp3) is 0.423. The van der Waals surface area contributed by atoms with Crippen LogP contribution in [0.25, 0.3) is 22.4 Å². The number of nitrogens with one attached hydrogen (secondary N) is 1. The first kappa shape index (κ1) is 25.6. The number of ether oxygens (including phenoxy) is 2. The van der Waals surface area contributed by atoms with Gasteiger partial charge in [0, 0.05) is 37.3 Å². The van der Waals surface area contributed by atoms with Crippen molar-refractivity contribution in [1.82, 2.24) is 15.2 Å². The predicted octanol–water partition coefficient (Wildman–Crippen LogP) is 4.62. The number of nitrogens with zero attached hydrogens (tertiary/aromatic N) is 2. The Morgan fingerprint density at radius 1 is 1.22 bits per heavy atom. The molecule has 0 spiro atoms. The van der Waals surface area contributed by atoms with E-state index < -0.39 is 40.9 Å². The van der Waals surface area contributed by atoms with Crippen LogP contribution in [0.5, 0.6) is 0 Å². The van der Waals surface area contributed by atoms with Crippen LogP contribution in [0.15, 0.2) is 28.8 Å². The van der Waals surface area contributed by atoms with Gasteiger partial charge in [-0.1, -0.05) is 0 Å². The second kappa shape index (κ2) is 9.85. The van der Waals surface area contributed by atoms with Gasteiger partial charge in [-0.2, -0.15) is 0 Å². The lowest BCUT2D eigenvalue weighted by molar-refractivity contribution is -0.0414. The minimum absolute atomic E-state index is 0.0282. The van der Waals surface area contributed by atoms with Crippen LogP contribution in [-0.4, -0.2) is 60.3 Å². The smallest absolute Gasteiger partial charge is 0.410 e. The van der Waals surface area contributed by atoms with Crippen LogP contribution < -0.4 is 5.32 Å². The number of amides is 2. The zero-order valence-corrected chi connectivity index (χ0v) is 20.9. The average molecular weight is 502 g/mol. The standard InChI is InChI=1S/C26H29F2N3O5/c1-14-8-20-22(30-12-14)17(11-16-13-31(6-7-34-16)25(33)36-26(2,3)4)23(35-20)21-18(27)9-15(10-19(21)28)24(32)29-5/h8-10,12,16H,6-7,11,13H2,1-5H3,(H,29,32).